The summed E-state index contributed by atoms with van der Waals surface area (Å²) in [4.78, 5) is 18.4. The minimum Gasteiger partial charge on any atom is -0.361 e. The van der Waals surface area contributed by atoms with Crippen LogP contribution in [0.2, 0.25) is 0 Å². The molecule has 1 aliphatic rings. The van der Waals surface area contributed by atoms with Crippen molar-refractivity contribution in [1.82, 2.24) is 15.0 Å². The van der Waals surface area contributed by atoms with Crippen LogP contribution in [0.4, 0.5) is 0 Å². The lowest BCUT2D eigenvalue weighted by Gasteiger charge is -2.35. The van der Waals surface area contributed by atoms with Gasteiger partial charge in [0, 0.05) is 48.7 Å². The molecule has 1 aliphatic heterocycles. The maximum absolute atomic E-state index is 12.9. The lowest BCUT2D eigenvalue weighted by molar-refractivity contribution is 0.0626. The van der Waals surface area contributed by atoms with E-state index >= 15 is 0 Å². The van der Waals surface area contributed by atoms with E-state index in [1.165, 1.54) is 5.56 Å². The molecule has 0 N–H and O–H groups in total. The fraction of sp³-hybridized carbons (Fsp3) is 0.474. The summed E-state index contributed by atoms with van der Waals surface area (Å²) >= 11 is 1.67. The van der Waals surface area contributed by atoms with Crippen molar-refractivity contribution in [2.45, 2.75) is 32.2 Å². The Labute approximate surface area is 153 Å². The Balaban J connectivity index is 1.63. The zero-order chi connectivity index (χ0) is 18.0. The largest absolute Gasteiger partial charge is 0.361 e. The molecule has 2 heterocycles. The van der Waals surface area contributed by atoms with Gasteiger partial charge in [-0.1, -0.05) is 11.2 Å². The van der Waals surface area contributed by atoms with Gasteiger partial charge >= 0.3 is 0 Å². The van der Waals surface area contributed by atoms with E-state index in [-0.39, 0.29) is 5.91 Å². The zero-order valence-electron chi connectivity index (χ0n) is 15.3. The summed E-state index contributed by atoms with van der Waals surface area (Å²) in [5.74, 6) is 1.03. The molecule has 2 aromatic rings. The number of aromatic nitrogens is 1. The Hall–Kier alpha value is -1.79. The topological polar surface area (TPSA) is 49.6 Å². The summed E-state index contributed by atoms with van der Waals surface area (Å²) < 4.78 is 5.25. The summed E-state index contributed by atoms with van der Waals surface area (Å²) in [5, 5.41) is 4.02. The van der Waals surface area contributed by atoms with Gasteiger partial charge < -0.3 is 9.42 Å². The van der Waals surface area contributed by atoms with Gasteiger partial charge in [0.1, 0.15) is 5.76 Å². The minimum atomic E-state index is 0.144. The van der Waals surface area contributed by atoms with E-state index in [2.05, 4.69) is 16.1 Å². The lowest BCUT2D eigenvalue weighted by atomic mass is 10.1. The first-order valence-electron chi connectivity index (χ1n) is 8.57. The monoisotopic (exact) mass is 359 g/mol. The van der Waals surface area contributed by atoms with Crippen LogP contribution in [0.15, 0.2) is 27.6 Å². The normalized spacial score (nSPS) is 15.6. The Morgan fingerprint density at radius 1 is 1.20 bits per heavy atom. The molecule has 25 heavy (non-hydrogen) atoms. The van der Waals surface area contributed by atoms with Gasteiger partial charge in [-0.25, -0.2) is 0 Å². The van der Waals surface area contributed by atoms with Crippen molar-refractivity contribution in [2.75, 3.05) is 32.4 Å². The molecule has 0 radical (unpaired) electrons. The number of thioether (sulfide) groups is 1. The fourth-order valence-corrected chi connectivity index (χ4v) is 3.63. The van der Waals surface area contributed by atoms with Crippen molar-refractivity contribution in [2.24, 2.45) is 0 Å². The predicted molar refractivity (Wildman–Crippen MR) is 100 cm³/mol. The molecule has 0 aliphatic carbocycles. The molecule has 0 atom stereocenters. The number of amides is 1. The molecule has 134 valence electrons. The van der Waals surface area contributed by atoms with Crippen molar-refractivity contribution < 1.29 is 9.32 Å². The number of carbonyl (C=O) groups is 1. The quantitative estimate of drug-likeness (QED) is 0.784. The number of carbonyl (C=O) groups excluding carboxylic acids is 1. The number of rotatable bonds is 4. The van der Waals surface area contributed by atoms with Crippen LogP contribution in [0.25, 0.3) is 0 Å². The van der Waals surface area contributed by atoms with E-state index in [1.54, 1.807) is 11.8 Å². The van der Waals surface area contributed by atoms with Gasteiger partial charge in [-0.3, -0.25) is 9.69 Å². The van der Waals surface area contributed by atoms with Crippen LogP contribution in [-0.2, 0) is 6.54 Å². The highest BCUT2D eigenvalue weighted by Crippen LogP contribution is 2.22. The number of piperazine rings is 1. The van der Waals surface area contributed by atoms with E-state index in [0.29, 0.717) is 0 Å². The highest BCUT2D eigenvalue weighted by molar-refractivity contribution is 7.98. The number of hydrogen-bond donors (Lipinski definition) is 0. The van der Waals surface area contributed by atoms with Crippen molar-refractivity contribution in [3.05, 3.63) is 46.3 Å². The van der Waals surface area contributed by atoms with Crippen LogP contribution in [0, 0.1) is 20.8 Å². The second kappa shape index (κ2) is 7.62. The average molecular weight is 359 g/mol. The van der Waals surface area contributed by atoms with Gasteiger partial charge in [-0.2, -0.15) is 0 Å². The Morgan fingerprint density at radius 3 is 2.52 bits per heavy atom. The average Bonchev–Trinajstić information content (AvgIpc) is 2.94. The molecular weight excluding hydrogens is 334 g/mol. The second-order valence-electron chi connectivity index (χ2n) is 6.55. The van der Waals surface area contributed by atoms with Crippen LogP contribution in [0.1, 0.15) is 32.9 Å². The first-order chi connectivity index (χ1) is 12.0. The van der Waals surface area contributed by atoms with Gasteiger partial charge in [0.15, 0.2) is 0 Å². The van der Waals surface area contributed by atoms with Crippen LogP contribution in [0.5, 0.6) is 0 Å². The maximum Gasteiger partial charge on any atom is 0.254 e. The molecule has 3 rings (SSSR count). The fourth-order valence-electron chi connectivity index (χ4n) is 3.19. The number of nitrogens with zero attached hydrogens (tertiary/aromatic N) is 3. The Bertz CT molecular complexity index is 745. The van der Waals surface area contributed by atoms with E-state index < -0.39 is 0 Å². The molecule has 1 amide bonds. The summed E-state index contributed by atoms with van der Waals surface area (Å²) in [5.41, 5.74) is 4.00. The molecular formula is C19H25N3O2S. The van der Waals surface area contributed by atoms with Gasteiger partial charge in [-0.15, -0.1) is 11.8 Å². The van der Waals surface area contributed by atoms with Crippen LogP contribution in [-0.4, -0.2) is 53.3 Å². The lowest BCUT2D eigenvalue weighted by Crippen LogP contribution is -2.48. The Morgan fingerprint density at radius 2 is 1.92 bits per heavy atom. The molecule has 5 nitrogen and oxygen atoms in total. The summed E-state index contributed by atoms with van der Waals surface area (Å²) in [6.45, 7) is 10.0. The van der Waals surface area contributed by atoms with E-state index in [1.807, 2.05) is 44.1 Å². The molecule has 0 unspecified atom stereocenters. The van der Waals surface area contributed by atoms with Gasteiger partial charge in [-0.05, 0) is 44.7 Å². The third-order valence-corrected chi connectivity index (χ3v) is 5.62. The predicted octanol–water partition coefficient (Wildman–Crippen LogP) is 3.28. The number of benzene rings is 1. The summed E-state index contributed by atoms with van der Waals surface area (Å²) in [6, 6.07) is 6.11. The molecule has 6 heteroatoms. The van der Waals surface area contributed by atoms with Crippen molar-refractivity contribution in [3.63, 3.8) is 0 Å². The number of aryl methyl sites for hydroxylation is 3. The molecule has 1 aromatic carbocycles. The van der Waals surface area contributed by atoms with Gasteiger partial charge in [0.25, 0.3) is 5.91 Å². The minimum absolute atomic E-state index is 0.144. The van der Waals surface area contributed by atoms with E-state index in [9.17, 15) is 4.79 Å². The maximum atomic E-state index is 12.9. The third kappa shape index (κ3) is 3.90. The number of hydrogen-bond acceptors (Lipinski definition) is 5. The molecule has 0 bridgehead atoms. The SMILES string of the molecule is CSc1ccc(C)c(C(=O)N2CCN(Cc3c(C)noc3C)CC2)c1. The first kappa shape index (κ1) is 18.0. The van der Waals surface area contributed by atoms with Crippen LogP contribution < -0.4 is 0 Å². The zero-order valence-corrected chi connectivity index (χ0v) is 16.2. The Kier molecular flexibility index (Phi) is 5.49. The second-order valence-corrected chi connectivity index (χ2v) is 7.43. The molecule has 0 saturated carbocycles. The molecule has 1 fully saturated rings. The summed E-state index contributed by atoms with van der Waals surface area (Å²) in [6.07, 6.45) is 2.03. The smallest absolute Gasteiger partial charge is 0.254 e. The van der Waals surface area contributed by atoms with E-state index in [0.717, 1.165) is 60.2 Å². The summed E-state index contributed by atoms with van der Waals surface area (Å²) in [7, 11) is 0. The first-order valence-corrected chi connectivity index (χ1v) is 9.80. The third-order valence-electron chi connectivity index (χ3n) is 4.90. The van der Waals surface area contributed by atoms with Crippen molar-refractivity contribution in [3.8, 4) is 0 Å². The highest BCUT2D eigenvalue weighted by Gasteiger charge is 2.24. The van der Waals surface area contributed by atoms with Crippen LogP contribution in [0.3, 0.4) is 0 Å². The molecule has 1 aromatic heterocycles. The standard InChI is InChI=1S/C19H25N3O2S/c1-13-5-6-16(25-4)11-17(13)19(23)22-9-7-21(8-10-22)12-18-14(2)20-24-15(18)3/h5-6,11H,7-10,12H2,1-4H3. The molecule has 0 spiro atoms. The molecule has 1 saturated heterocycles. The van der Waals surface area contributed by atoms with Gasteiger partial charge in [0.2, 0.25) is 0 Å². The van der Waals surface area contributed by atoms with Crippen molar-refractivity contribution >= 4 is 17.7 Å². The van der Waals surface area contributed by atoms with Crippen LogP contribution >= 0.6 is 11.8 Å². The highest BCUT2D eigenvalue weighted by atomic mass is 32.2. The van der Waals surface area contributed by atoms with E-state index in [4.69, 9.17) is 4.52 Å². The van der Waals surface area contributed by atoms with Gasteiger partial charge in [0.05, 0.1) is 5.69 Å². The van der Waals surface area contributed by atoms with Crippen molar-refractivity contribution in [1.29, 1.82) is 0 Å².